The van der Waals surface area contributed by atoms with Crippen molar-refractivity contribution in [3.63, 3.8) is 0 Å². The highest BCUT2D eigenvalue weighted by atomic mass is 32.1. The minimum absolute atomic E-state index is 0.607. The summed E-state index contributed by atoms with van der Waals surface area (Å²) >= 11 is 5.57. The van der Waals surface area contributed by atoms with Crippen molar-refractivity contribution in [3.05, 3.63) is 29.8 Å². The van der Waals surface area contributed by atoms with Crippen LogP contribution in [0.4, 0.5) is 5.69 Å². The number of hydrogen-bond acceptors (Lipinski definition) is 1. The Morgan fingerprint density at radius 1 is 1.05 bits per heavy atom. The van der Waals surface area contributed by atoms with Crippen molar-refractivity contribution in [2.24, 2.45) is 11.8 Å². The van der Waals surface area contributed by atoms with E-state index in [2.05, 4.69) is 69.1 Å². The van der Waals surface area contributed by atoms with Crippen molar-refractivity contribution >= 4 is 23.0 Å². The van der Waals surface area contributed by atoms with Crippen LogP contribution in [0.25, 0.3) is 0 Å². The number of hydrogen-bond donors (Lipinski definition) is 1. The van der Waals surface area contributed by atoms with Gasteiger partial charge in [0.1, 0.15) is 0 Å². The van der Waals surface area contributed by atoms with Gasteiger partial charge < -0.3 is 10.2 Å². The molecule has 1 aromatic rings. The summed E-state index contributed by atoms with van der Waals surface area (Å²) in [5.74, 6) is 1.21. The third kappa shape index (κ3) is 5.91. The molecule has 0 aliphatic carbocycles. The molecule has 0 aromatic heterocycles. The Morgan fingerprint density at radius 2 is 1.55 bits per heavy atom. The Balaban J connectivity index is 2.68. The second-order valence-corrected chi connectivity index (χ2v) is 6.56. The van der Waals surface area contributed by atoms with Gasteiger partial charge in [-0.3, -0.25) is 0 Å². The Morgan fingerprint density at radius 3 is 1.95 bits per heavy atom. The number of thiocarbonyl (C=S) groups is 1. The van der Waals surface area contributed by atoms with Crippen LogP contribution in [-0.4, -0.2) is 23.1 Å². The summed E-state index contributed by atoms with van der Waals surface area (Å²) in [4.78, 5) is 2.28. The molecule has 0 radical (unpaired) electrons. The monoisotopic (exact) mass is 292 g/mol. The molecule has 20 heavy (non-hydrogen) atoms. The van der Waals surface area contributed by atoms with Gasteiger partial charge in [-0.2, -0.15) is 0 Å². The fourth-order valence-electron chi connectivity index (χ4n) is 2.15. The van der Waals surface area contributed by atoms with Gasteiger partial charge in [0, 0.05) is 18.8 Å². The van der Waals surface area contributed by atoms with Crippen LogP contribution in [0.3, 0.4) is 0 Å². The van der Waals surface area contributed by atoms with Crippen molar-refractivity contribution in [1.29, 1.82) is 0 Å². The van der Waals surface area contributed by atoms with Crippen molar-refractivity contribution in [2.75, 3.05) is 18.4 Å². The molecule has 0 saturated carbocycles. The zero-order valence-corrected chi connectivity index (χ0v) is 14.3. The molecule has 0 unspecified atom stereocenters. The lowest BCUT2D eigenvalue weighted by molar-refractivity contribution is 0.332. The highest BCUT2D eigenvalue weighted by Gasteiger charge is 2.13. The minimum Gasteiger partial charge on any atom is -0.349 e. The van der Waals surface area contributed by atoms with Gasteiger partial charge in [-0.15, -0.1) is 0 Å². The van der Waals surface area contributed by atoms with Crippen molar-refractivity contribution in [3.8, 4) is 0 Å². The molecule has 0 spiro atoms. The molecule has 1 rings (SSSR count). The quantitative estimate of drug-likeness (QED) is 0.774. The molecule has 112 valence electrons. The normalized spacial score (nSPS) is 10.9. The lowest BCUT2D eigenvalue weighted by atomic mass is 10.1. The molecule has 0 fully saturated rings. The van der Waals surface area contributed by atoms with Crippen LogP contribution >= 0.6 is 12.2 Å². The SMILES string of the molecule is CCc1ccc(NC(=S)N(CC(C)C)CC(C)C)cc1. The van der Waals surface area contributed by atoms with Gasteiger partial charge in [0.25, 0.3) is 0 Å². The summed E-state index contributed by atoms with van der Waals surface area (Å²) in [5, 5.41) is 4.19. The van der Waals surface area contributed by atoms with Crippen molar-refractivity contribution in [1.82, 2.24) is 4.90 Å². The Hall–Kier alpha value is -1.09. The summed E-state index contributed by atoms with van der Waals surface area (Å²) in [6, 6.07) is 8.52. The Kier molecular flexibility index (Phi) is 7.00. The maximum absolute atomic E-state index is 5.57. The second kappa shape index (κ2) is 8.25. The van der Waals surface area contributed by atoms with E-state index >= 15 is 0 Å². The van der Waals surface area contributed by atoms with Gasteiger partial charge >= 0.3 is 0 Å². The molecule has 3 heteroatoms. The average Bonchev–Trinajstić information content (AvgIpc) is 2.37. The zero-order chi connectivity index (χ0) is 15.1. The zero-order valence-electron chi connectivity index (χ0n) is 13.4. The van der Waals surface area contributed by atoms with E-state index in [-0.39, 0.29) is 0 Å². The molecule has 0 saturated heterocycles. The predicted octanol–water partition coefficient (Wildman–Crippen LogP) is 4.56. The maximum atomic E-state index is 5.57. The molecule has 0 atom stereocenters. The summed E-state index contributed by atoms with van der Waals surface area (Å²) in [6.07, 6.45) is 1.07. The van der Waals surface area contributed by atoms with Crippen LogP contribution in [0.1, 0.15) is 40.2 Å². The second-order valence-electron chi connectivity index (χ2n) is 6.17. The molecule has 0 heterocycles. The van der Waals surface area contributed by atoms with E-state index in [0.717, 1.165) is 30.3 Å². The van der Waals surface area contributed by atoms with E-state index in [4.69, 9.17) is 12.2 Å². The topological polar surface area (TPSA) is 15.3 Å². The Labute approximate surface area is 129 Å². The van der Waals surface area contributed by atoms with Crippen molar-refractivity contribution < 1.29 is 0 Å². The fourth-order valence-corrected chi connectivity index (χ4v) is 2.42. The molecule has 0 aliphatic heterocycles. The van der Waals surface area contributed by atoms with Gasteiger partial charge in [-0.05, 0) is 48.2 Å². The van der Waals surface area contributed by atoms with Gasteiger partial charge in [0.05, 0.1) is 0 Å². The van der Waals surface area contributed by atoms with Crippen LogP contribution in [0.2, 0.25) is 0 Å². The van der Waals surface area contributed by atoms with E-state index in [1.807, 2.05) is 0 Å². The highest BCUT2D eigenvalue weighted by molar-refractivity contribution is 7.80. The van der Waals surface area contributed by atoms with Gasteiger partial charge in [-0.1, -0.05) is 46.8 Å². The van der Waals surface area contributed by atoms with Crippen molar-refractivity contribution in [2.45, 2.75) is 41.0 Å². The number of nitrogens with one attached hydrogen (secondary N) is 1. The smallest absolute Gasteiger partial charge is 0.173 e. The first-order chi connectivity index (χ1) is 9.42. The van der Waals surface area contributed by atoms with Crippen LogP contribution in [0.5, 0.6) is 0 Å². The fraction of sp³-hybridized carbons (Fsp3) is 0.588. The largest absolute Gasteiger partial charge is 0.349 e. The van der Waals surface area contributed by atoms with E-state index in [0.29, 0.717) is 11.8 Å². The van der Waals surface area contributed by atoms with Gasteiger partial charge in [0.2, 0.25) is 0 Å². The first-order valence-corrected chi connectivity index (χ1v) is 7.98. The Bertz CT molecular complexity index is 400. The number of anilines is 1. The summed E-state index contributed by atoms with van der Waals surface area (Å²) in [5.41, 5.74) is 2.42. The standard InChI is InChI=1S/C17H28N2S/c1-6-15-7-9-16(10-8-15)18-17(20)19(11-13(2)3)12-14(4)5/h7-10,13-14H,6,11-12H2,1-5H3,(H,18,20). The number of nitrogens with zero attached hydrogens (tertiary/aromatic N) is 1. The van der Waals surface area contributed by atoms with Crippen LogP contribution in [-0.2, 0) is 6.42 Å². The molecular formula is C17H28N2S. The number of rotatable bonds is 6. The average molecular weight is 292 g/mol. The first kappa shape index (κ1) is 17.0. The van der Waals surface area contributed by atoms with E-state index in [9.17, 15) is 0 Å². The van der Waals surface area contributed by atoms with Gasteiger partial charge in [-0.25, -0.2) is 0 Å². The highest BCUT2D eigenvalue weighted by Crippen LogP contribution is 2.12. The molecule has 1 N–H and O–H groups in total. The third-order valence-corrected chi connectivity index (χ3v) is 3.43. The minimum atomic E-state index is 0.607. The van der Waals surface area contributed by atoms with Crippen LogP contribution < -0.4 is 5.32 Å². The lowest BCUT2D eigenvalue weighted by Crippen LogP contribution is -2.39. The number of benzene rings is 1. The van der Waals surface area contributed by atoms with E-state index in [1.54, 1.807) is 0 Å². The van der Waals surface area contributed by atoms with Crippen LogP contribution in [0.15, 0.2) is 24.3 Å². The lowest BCUT2D eigenvalue weighted by Gasteiger charge is -2.29. The maximum Gasteiger partial charge on any atom is 0.173 e. The first-order valence-electron chi connectivity index (χ1n) is 7.57. The van der Waals surface area contributed by atoms with Gasteiger partial charge in [0.15, 0.2) is 5.11 Å². The molecule has 0 amide bonds. The summed E-state index contributed by atoms with van der Waals surface area (Å²) in [6.45, 7) is 13.1. The number of aryl methyl sites for hydroxylation is 1. The predicted molar refractivity (Wildman–Crippen MR) is 93.3 cm³/mol. The molecular weight excluding hydrogens is 264 g/mol. The van der Waals surface area contributed by atoms with E-state index < -0.39 is 0 Å². The van der Waals surface area contributed by atoms with Crippen LogP contribution in [0, 0.1) is 11.8 Å². The molecule has 1 aromatic carbocycles. The van der Waals surface area contributed by atoms with E-state index in [1.165, 1.54) is 5.56 Å². The third-order valence-electron chi connectivity index (χ3n) is 3.07. The molecule has 2 nitrogen and oxygen atoms in total. The summed E-state index contributed by atoms with van der Waals surface area (Å²) < 4.78 is 0. The molecule has 0 aliphatic rings. The molecule has 0 bridgehead atoms. The summed E-state index contributed by atoms with van der Waals surface area (Å²) in [7, 11) is 0.